The highest BCUT2D eigenvalue weighted by molar-refractivity contribution is 7.80. The largest absolute Gasteiger partial charge is 0.353 e. The predicted molar refractivity (Wildman–Crippen MR) is 106 cm³/mol. The zero-order valence-corrected chi connectivity index (χ0v) is 17.2. The third kappa shape index (κ3) is 4.91. The van der Waals surface area contributed by atoms with E-state index in [0.29, 0.717) is 16.3 Å². The van der Waals surface area contributed by atoms with Crippen molar-refractivity contribution in [3.8, 4) is 0 Å². The summed E-state index contributed by atoms with van der Waals surface area (Å²) in [6, 6.07) is 0.443. The van der Waals surface area contributed by atoms with Crippen molar-refractivity contribution < 1.29 is 0 Å². The van der Waals surface area contributed by atoms with E-state index in [-0.39, 0.29) is 0 Å². The molecule has 23 heavy (non-hydrogen) atoms. The Morgan fingerprint density at radius 3 is 1.74 bits per heavy atom. The molecular weight excluding hydrogens is 366 g/mol. The molecule has 0 amide bonds. The van der Waals surface area contributed by atoms with Gasteiger partial charge in [-0.3, -0.25) is 4.57 Å². The van der Waals surface area contributed by atoms with E-state index in [4.69, 9.17) is 24.4 Å². The van der Waals surface area contributed by atoms with Gasteiger partial charge in [0.15, 0.2) is 10.2 Å². The van der Waals surface area contributed by atoms with Crippen LogP contribution in [0.2, 0.25) is 0 Å². The monoisotopic (exact) mass is 389 g/mol. The van der Waals surface area contributed by atoms with Crippen LogP contribution in [0.4, 0.5) is 0 Å². The van der Waals surface area contributed by atoms with Gasteiger partial charge in [-0.05, 0) is 58.0 Å². The standard InChI is InChI=1S/C14H23N5S4/c1-17(2)11(20)15-13-19(10-8-6-5-7-9-10)14(23-22-13)16-12(21)18(3)4/h10H,5-9H2,1-4H3/b15-13-,16-14+. The van der Waals surface area contributed by atoms with Crippen molar-refractivity contribution in [2.24, 2.45) is 9.98 Å². The maximum Gasteiger partial charge on any atom is 0.204 e. The summed E-state index contributed by atoms with van der Waals surface area (Å²) in [4.78, 5) is 14.8. The van der Waals surface area contributed by atoms with Gasteiger partial charge in [0.2, 0.25) is 9.60 Å². The lowest BCUT2D eigenvalue weighted by atomic mass is 9.95. The van der Waals surface area contributed by atoms with Gasteiger partial charge in [-0.1, -0.05) is 19.3 Å². The molecule has 1 fully saturated rings. The Morgan fingerprint density at radius 2 is 1.35 bits per heavy atom. The van der Waals surface area contributed by atoms with Crippen LogP contribution in [0.25, 0.3) is 0 Å². The van der Waals surface area contributed by atoms with E-state index in [0.717, 1.165) is 9.60 Å². The molecule has 128 valence electrons. The van der Waals surface area contributed by atoms with Gasteiger partial charge in [0, 0.05) is 34.2 Å². The zero-order valence-electron chi connectivity index (χ0n) is 14.0. The van der Waals surface area contributed by atoms with Crippen LogP contribution in [0.5, 0.6) is 0 Å². The van der Waals surface area contributed by atoms with E-state index in [9.17, 15) is 0 Å². The van der Waals surface area contributed by atoms with E-state index in [1.165, 1.54) is 32.1 Å². The summed E-state index contributed by atoms with van der Waals surface area (Å²) in [5, 5.41) is 1.18. The lowest BCUT2D eigenvalue weighted by Crippen LogP contribution is -2.34. The first-order valence-corrected chi connectivity index (χ1v) is 10.6. The molecule has 2 rings (SSSR count). The molecule has 0 saturated heterocycles. The van der Waals surface area contributed by atoms with Crippen molar-refractivity contribution in [1.82, 2.24) is 14.4 Å². The summed E-state index contributed by atoms with van der Waals surface area (Å²) in [5.41, 5.74) is 0. The molecule has 0 unspecified atom stereocenters. The van der Waals surface area contributed by atoms with Gasteiger partial charge in [0.1, 0.15) is 0 Å². The molecule has 0 radical (unpaired) electrons. The summed E-state index contributed by atoms with van der Waals surface area (Å²) in [5.74, 6) is 0. The van der Waals surface area contributed by atoms with Crippen LogP contribution in [-0.4, -0.2) is 52.8 Å². The maximum atomic E-state index is 5.35. The maximum absolute atomic E-state index is 5.35. The molecule has 0 N–H and O–H groups in total. The Morgan fingerprint density at radius 1 is 0.913 bits per heavy atom. The van der Waals surface area contributed by atoms with E-state index in [2.05, 4.69) is 14.6 Å². The van der Waals surface area contributed by atoms with E-state index < -0.39 is 0 Å². The normalized spacial score (nSPS) is 17.4. The molecule has 1 saturated carbocycles. The van der Waals surface area contributed by atoms with E-state index in [1.54, 1.807) is 20.7 Å². The minimum atomic E-state index is 0.443. The SMILES string of the molecule is CN(C)C(=S)/N=c1\ss/c(=N/C(=S)N(C)C)n1C1CCCCC1. The summed E-state index contributed by atoms with van der Waals surface area (Å²) in [6.07, 6.45) is 6.17. The first kappa shape index (κ1) is 18.7. The molecule has 0 aliphatic heterocycles. The smallest absolute Gasteiger partial charge is 0.204 e. The fourth-order valence-corrected chi connectivity index (χ4v) is 4.92. The van der Waals surface area contributed by atoms with E-state index >= 15 is 0 Å². The minimum Gasteiger partial charge on any atom is -0.353 e. The molecule has 1 heterocycles. The molecule has 0 bridgehead atoms. The summed E-state index contributed by atoms with van der Waals surface area (Å²) in [7, 11) is 10.9. The molecular formula is C14H23N5S4. The van der Waals surface area contributed by atoms with Crippen molar-refractivity contribution in [3.05, 3.63) is 9.60 Å². The average molecular weight is 390 g/mol. The number of nitrogens with zero attached hydrogens (tertiary/aromatic N) is 5. The molecule has 5 nitrogen and oxygen atoms in total. The van der Waals surface area contributed by atoms with Gasteiger partial charge in [-0.25, -0.2) is 0 Å². The van der Waals surface area contributed by atoms with Crippen LogP contribution >= 0.6 is 45.1 Å². The van der Waals surface area contributed by atoms with Crippen molar-refractivity contribution in [2.75, 3.05) is 28.2 Å². The Hall–Kier alpha value is -0.640. The van der Waals surface area contributed by atoms with Gasteiger partial charge >= 0.3 is 0 Å². The fraction of sp³-hybridized carbons (Fsp3) is 0.714. The number of aromatic nitrogens is 1. The fourth-order valence-electron chi connectivity index (χ4n) is 2.40. The molecule has 0 atom stereocenters. The highest BCUT2D eigenvalue weighted by Crippen LogP contribution is 2.26. The Bertz CT molecular complexity index is 639. The van der Waals surface area contributed by atoms with Crippen LogP contribution in [0.15, 0.2) is 9.98 Å². The first-order chi connectivity index (χ1) is 10.9. The van der Waals surface area contributed by atoms with Crippen LogP contribution < -0.4 is 9.60 Å². The highest BCUT2D eigenvalue weighted by Gasteiger charge is 2.19. The van der Waals surface area contributed by atoms with Gasteiger partial charge in [0.25, 0.3) is 0 Å². The third-order valence-corrected chi connectivity index (χ3v) is 6.71. The second-order valence-electron chi connectivity index (χ2n) is 5.97. The van der Waals surface area contributed by atoms with Crippen molar-refractivity contribution in [1.29, 1.82) is 0 Å². The topological polar surface area (TPSA) is 36.1 Å². The summed E-state index contributed by atoms with van der Waals surface area (Å²) >= 11 is 10.7. The van der Waals surface area contributed by atoms with Crippen molar-refractivity contribution in [3.63, 3.8) is 0 Å². The summed E-state index contributed by atoms with van der Waals surface area (Å²) < 4.78 is 2.25. The number of thiocarbonyl (C=S) groups is 2. The lowest BCUT2D eigenvalue weighted by molar-refractivity contribution is 0.342. The van der Waals surface area contributed by atoms with Gasteiger partial charge in [-0.2, -0.15) is 9.98 Å². The molecule has 9 heteroatoms. The van der Waals surface area contributed by atoms with Gasteiger partial charge in [-0.15, -0.1) is 0 Å². The molecule has 1 aromatic heterocycles. The lowest BCUT2D eigenvalue weighted by Gasteiger charge is -2.23. The molecule has 1 aliphatic carbocycles. The van der Waals surface area contributed by atoms with E-state index in [1.807, 2.05) is 38.0 Å². The van der Waals surface area contributed by atoms with Crippen LogP contribution in [0.3, 0.4) is 0 Å². The molecule has 1 aliphatic rings. The highest BCUT2D eigenvalue weighted by atomic mass is 32.9. The summed E-state index contributed by atoms with van der Waals surface area (Å²) in [6.45, 7) is 0. The number of hydrogen-bond acceptors (Lipinski definition) is 4. The number of hydrogen-bond donors (Lipinski definition) is 0. The predicted octanol–water partition coefficient (Wildman–Crippen LogP) is 2.61. The molecule has 0 aromatic carbocycles. The third-order valence-electron chi connectivity index (χ3n) is 3.69. The molecule has 0 spiro atoms. The van der Waals surface area contributed by atoms with Crippen molar-refractivity contribution in [2.45, 2.75) is 38.1 Å². The molecule has 1 aromatic rings. The van der Waals surface area contributed by atoms with Crippen LogP contribution in [0, 0.1) is 0 Å². The van der Waals surface area contributed by atoms with Crippen LogP contribution in [-0.2, 0) is 0 Å². The van der Waals surface area contributed by atoms with Gasteiger partial charge < -0.3 is 9.80 Å². The Balaban J connectivity index is 2.53. The van der Waals surface area contributed by atoms with Gasteiger partial charge in [0.05, 0.1) is 0 Å². The minimum absolute atomic E-state index is 0.443. The van der Waals surface area contributed by atoms with Crippen LogP contribution in [0.1, 0.15) is 38.1 Å². The number of rotatable bonds is 1. The Kier molecular flexibility index (Phi) is 6.87. The first-order valence-electron chi connectivity index (χ1n) is 7.64. The quantitative estimate of drug-likeness (QED) is 0.546. The van der Waals surface area contributed by atoms with Crippen molar-refractivity contribution >= 4 is 55.3 Å². The average Bonchev–Trinajstić information content (AvgIpc) is 2.90. The second-order valence-corrected chi connectivity index (χ2v) is 8.77. The second kappa shape index (κ2) is 8.46. The zero-order chi connectivity index (χ0) is 17.0. The Labute approximate surface area is 155 Å².